The fourth-order valence-electron chi connectivity index (χ4n) is 1.90. The summed E-state index contributed by atoms with van der Waals surface area (Å²) in [5, 5.41) is 0. The number of nitrogens with zero attached hydrogens (tertiary/aromatic N) is 1. The van der Waals surface area contributed by atoms with E-state index in [9.17, 15) is 4.79 Å². The highest BCUT2D eigenvalue weighted by Crippen LogP contribution is 2.21. The summed E-state index contributed by atoms with van der Waals surface area (Å²) in [4.78, 5) is 12.1. The summed E-state index contributed by atoms with van der Waals surface area (Å²) in [7, 11) is 1.63. The van der Waals surface area contributed by atoms with Crippen molar-refractivity contribution in [3.63, 3.8) is 0 Å². The van der Waals surface area contributed by atoms with Gasteiger partial charge in [0.2, 0.25) is 0 Å². The molecule has 3 nitrogen and oxygen atoms in total. The van der Waals surface area contributed by atoms with Gasteiger partial charge in [-0.15, -0.1) is 0 Å². The van der Waals surface area contributed by atoms with Crippen LogP contribution in [0.15, 0.2) is 44.2 Å². The topological polar surface area (TPSA) is 31.2 Å². The third-order valence-electron chi connectivity index (χ3n) is 2.79. The van der Waals surface area contributed by atoms with E-state index in [4.69, 9.17) is 4.74 Å². The third-order valence-corrected chi connectivity index (χ3v) is 3.79. The molecule has 0 atom stereocenters. The van der Waals surface area contributed by atoms with E-state index in [0.29, 0.717) is 11.0 Å². The molecule has 0 aliphatic carbocycles. The maximum Gasteiger partial charge on any atom is 0.265 e. The Balaban J connectivity index is 2.47. The normalized spacial score (nSPS) is 10.5. The van der Waals surface area contributed by atoms with Crippen LogP contribution in [0.3, 0.4) is 0 Å². The molecule has 0 amide bonds. The lowest BCUT2D eigenvalue weighted by Crippen LogP contribution is -2.21. The largest absolute Gasteiger partial charge is 0.496 e. The molecule has 1 aromatic heterocycles. The molecule has 0 aliphatic rings. The van der Waals surface area contributed by atoms with Gasteiger partial charge in [0, 0.05) is 16.2 Å². The molecule has 0 radical (unpaired) electrons. The Labute approximate surface area is 128 Å². The Bertz CT molecular complexity index is 665. The van der Waals surface area contributed by atoms with Crippen LogP contribution in [0, 0.1) is 6.92 Å². The van der Waals surface area contributed by atoms with Crippen molar-refractivity contribution in [3.8, 4) is 5.75 Å². The van der Waals surface area contributed by atoms with E-state index < -0.39 is 0 Å². The van der Waals surface area contributed by atoms with Crippen LogP contribution in [0.25, 0.3) is 0 Å². The number of aryl methyl sites for hydroxylation is 1. The highest BCUT2D eigenvalue weighted by molar-refractivity contribution is 9.11. The van der Waals surface area contributed by atoms with E-state index in [0.717, 1.165) is 21.3 Å². The molecule has 0 spiro atoms. The minimum Gasteiger partial charge on any atom is -0.496 e. The van der Waals surface area contributed by atoms with Gasteiger partial charge in [0.1, 0.15) is 5.75 Å². The van der Waals surface area contributed by atoms with Gasteiger partial charge in [-0.2, -0.15) is 0 Å². The Morgan fingerprint density at radius 2 is 2.00 bits per heavy atom. The molecule has 100 valence electrons. The molecule has 1 aromatic carbocycles. The monoisotopic (exact) mass is 385 g/mol. The molecule has 0 saturated carbocycles. The lowest BCUT2D eigenvalue weighted by atomic mass is 10.1. The number of ether oxygens (including phenoxy) is 1. The molecule has 0 unspecified atom stereocenters. The first-order chi connectivity index (χ1) is 9.01. The zero-order chi connectivity index (χ0) is 14.0. The third kappa shape index (κ3) is 3.28. The number of hydrogen-bond donors (Lipinski definition) is 0. The van der Waals surface area contributed by atoms with Gasteiger partial charge in [-0.3, -0.25) is 4.79 Å². The van der Waals surface area contributed by atoms with Crippen molar-refractivity contribution in [1.29, 1.82) is 0 Å². The Kier molecular flexibility index (Phi) is 4.47. The van der Waals surface area contributed by atoms with Crippen molar-refractivity contribution in [2.45, 2.75) is 13.5 Å². The van der Waals surface area contributed by atoms with Crippen LogP contribution < -0.4 is 10.3 Å². The van der Waals surface area contributed by atoms with E-state index in [1.807, 2.05) is 25.1 Å². The van der Waals surface area contributed by atoms with Crippen LogP contribution in [-0.4, -0.2) is 11.7 Å². The lowest BCUT2D eigenvalue weighted by molar-refractivity contribution is 0.408. The van der Waals surface area contributed by atoms with Gasteiger partial charge in [-0.25, -0.2) is 0 Å². The summed E-state index contributed by atoms with van der Waals surface area (Å²) >= 11 is 6.66. The number of hydrogen-bond acceptors (Lipinski definition) is 2. The Morgan fingerprint density at radius 3 is 2.68 bits per heavy atom. The van der Waals surface area contributed by atoms with Crippen molar-refractivity contribution in [2.24, 2.45) is 0 Å². The second kappa shape index (κ2) is 5.92. The maximum atomic E-state index is 12.1. The highest BCUT2D eigenvalue weighted by atomic mass is 79.9. The summed E-state index contributed by atoms with van der Waals surface area (Å²) in [5.74, 6) is 0.786. The SMILES string of the molecule is COc1ccc(C)cc1Cn1cc(Br)cc(Br)c1=O. The standard InChI is InChI=1S/C14H13Br2NO2/c1-9-3-4-13(19-2)10(5-9)7-17-8-11(15)6-12(16)14(17)18/h3-6,8H,7H2,1-2H3. The number of aromatic nitrogens is 1. The first-order valence-electron chi connectivity index (χ1n) is 5.70. The molecule has 0 aliphatic heterocycles. The predicted molar refractivity (Wildman–Crippen MR) is 82.9 cm³/mol. The second-order valence-corrected chi connectivity index (χ2v) is 6.02. The zero-order valence-electron chi connectivity index (χ0n) is 10.6. The molecule has 2 aromatic rings. The van der Waals surface area contributed by atoms with Gasteiger partial charge in [0.25, 0.3) is 5.56 Å². The minimum absolute atomic E-state index is 0.0632. The average molecular weight is 387 g/mol. The maximum absolute atomic E-state index is 12.1. The quantitative estimate of drug-likeness (QED) is 0.804. The Hall–Kier alpha value is -1.07. The average Bonchev–Trinajstić information content (AvgIpc) is 2.35. The summed E-state index contributed by atoms with van der Waals surface area (Å²) in [6.45, 7) is 2.49. The van der Waals surface area contributed by atoms with Gasteiger partial charge in [0.15, 0.2) is 0 Å². The summed E-state index contributed by atoms with van der Waals surface area (Å²) in [6.07, 6.45) is 1.77. The first kappa shape index (κ1) is 14.3. The fraction of sp³-hybridized carbons (Fsp3) is 0.214. The van der Waals surface area contributed by atoms with Crippen molar-refractivity contribution in [2.75, 3.05) is 7.11 Å². The smallest absolute Gasteiger partial charge is 0.265 e. The van der Waals surface area contributed by atoms with E-state index in [2.05, 4.69) is 31.9 Å². The molecule has 0 saturated heterocycles. The van der Waals surface area contributed by atoms with Crippen LogP contribution >= 0.6 is 31.9 Å². The number of halogens is 2. The van der Waals surface area contributed by atoms with Gasteiger partial charge in [-0.1, -0.05) is 17.7 Å². The molecular weight excluding hydrogens is 374 g/mol. The van der Waals surface area contributed by atoms with Crippen molar-refractivity contribution >= 4 is 31.9 Å². The highest BCUT2D eigenvalue weighted by Gasteiger charge is 2.08. The molecule has 0 N–H and O–H groups in total. The molecule has 2 rings (SSSR count). The number of pyridine rings is 1. The molecule has 5 heteroatoms. The number of methoxy groups -OCH3 is 1. The van der Waals surface area contributed by atoms with E-state index in [1.165, 1.54) is 0 Å². The molecule has 1 heterocycles. The van der Waals surface area contributed by atoms with Crippen molar-refractivity contribution < 1.29 is 4.74 Å². The van der Waals surface area contributed by atoms with E-state index in [1.54, 1.807) is 23.9 Å². The summed E-state index contributed by atoms with van der Waals surface area (Å²) in [6, 6.07) is 7.68. The van der Waals surface area contributed by atoms with Gasteiger partial charge >= 0.3 is 0 Å². The van der Waals surface area contributed by atoms with Gasteiger partial charge in [0.05, 0.1) is 18.1 Å². The molecular formula is C14H13Br2NO2. The van der Waals surface area contributed by atoms with Crippen molar-refractivity contribution in [1.82, 2.24) is 4.57 Å². The van der Waals surface area contributed by atoms with Crippen LogP contribution in [-0.2, 0) is 6.54 Å². The van der Waals surface area contributed by atoms with E-state index >= 15 is 0 Å². The number of rotatable bonds is 3. The fourth-order valence-corrected chi connectivity index (χ4v) is 3.15. The predicted octanol–water partition coefficient (Wildman–Crippen LogP) is 3.74. The molecule has 0 bridgehead atoms. The molecule has 19 heavy (non-hydrogen) atoms. The lowest BCUT2D eigenvalue weighted by Gasteiger charge is -2.12. The second-order valence-electron chi connectivity index (χ2n) is 4.25. The van der Waals surface area contributed by atoms with Crippen LogP contribution in [0.2, 0.25) is 0 Å². The van der Waals surface area contributed by atoms with Crippen LogP contribution in [0.4, 0.5) is 0 Å². The minimum atomic E-state index is -0.0632. The Morgan fingerprint density at radius 1 is 1.26 bits per heavy atom. The zero-order valence-corrected chi connectivity index (χ0v) is 13.8. The summed E-state index contributed by atoms with van der Waals surface area (Å²) in [5.41, 5.74) is 2.05. The van der Waals surface area contributed by atoms with Crippen LogP contribution in [0.1, 0.15) is 11.1 Å². The van der Waals surface area contributed by atoms with Gasteiger partial charge < -0.3 is 9.30 Å². The van der Waals surface area contributed by atoms with Gasteiger partial charge in [-0.05, 0) is 50.9 Å². The number of benzene rings is 1. The van der Waals surface area contributed by atoms with Crippen molar-refractivity contribution in [3.05, 3.63) is 60.9 Å². The van der Waals surface area contributed by atoms with E-state index in [-0.39, 0.29) is 5.56 Å². The van der Waals surface area contributed by atoms with Crippen LogP contribution in [0.5, 0.6) is 5.75 Å². The first-order valence-corrected chi connectivity index (χ1v) is 7.29. The molecule has 0 fully saturated rings. The summed E-state index contributed by atoms with van der Waals surface area (Å²) < 4.78 is 8.37.